The normalized spacial score (nSPS) is 18.5. The van der Waals surface area contributed by atoms with Crippen LogP contribution in [-0.2, 0) is 4.79 Å². The molecule has 1 aliphatic heterocycles. The molecule has 2 N–H and O–H groups in total. The van der Waals surface area contributed by atoms with Crippen molar-refractivity contribution in [1.29, 1.82) is 0 Å². The van der Waals surface area contributed by atoms with E-state index in [1.807, 2.05) is 29.2 Å². The maximum absolute atomic E-state index is 12.3. The molecule has 1 heterocycles. The van der Waals surface area contributed by atoms with Crippen LogP contribution in [0.15, 0.2) is 24.3 Å². The van der Waals surface area contributed by atoms with E-state index in [1.165, 1.54) is 0 Å². The van der Waals surface area contributed by atoms with E-state index in [0.717, 1.165) is 17.8 Å². The van der Waals surface area contributed by atoms with Gasteiger partial charge in [-0.3, -0.25) is 9.69 Å². The molecular formula is C16H25N3O. The molecule has 0 saturated carbocycles. The summed E-state index contributed by atoms with van der Waals surface area (Å²) in [5.41, 5.74) is 7.91. The second-order valence-corrected chi connectivity index (χ2v) is 5.95. The van der Waals surface area contributed by atoms with Gasteiger partial charge < -0.3 is 10.6 Å². The monoisotopic (exact) mass is 275 g/mol. The number of anilines is 1. The Morgan fingerprint density at radius 1 is 1.20 bits per heavy atom. The molecule has 2 rings (SSSR count). The summed E-state index contributed by atoms with van der Waals surface area (Å²) < 4.78 is 0. The number of carbonyl (C=O) groups excluding carboxylic acids is 1. The third-order valence-corrected chi connectivity index (χ3v) is 4.00. The lowest BCUT2D eigenvalue weighted by atomic mass is 10.1. The van der Waals surface area contributed by atoms with Crippen molar-refractivity contribution in [2.45, 2.75) is 45.8 Å². The van der Waals surface area contributed by atoms with E-state index in [-0.39, 0.29) is 5.91 Å². The van der Waals surface area contributed by atoms with Gasteiger partial charge in [0.1, 0.15) is 6.04 Å². The van der Waals surface area contributed by atoms with Crippen LogP contribution in [0.2, 0.25) is 0 Å². The molecule has 0 spiro atoms. The zero-order valence-corrected chi connectivity index (χ0v) is 12.8. The highest BCUT2D eigenvalue weighted by atomic mass is 16.2. The Bertz CT molecular complexity index is 476. The van der Waals surface area contributed by atoms with Crippen molar-refractivity contribution >= 4 is 11.6 Å². The number of nitrogens with two attached hydrogens (primary N) is 1. The van der Waals surface area contributed by atoms with Gasteiger partial charge in [-0.05, 0) is 33.8 Å². The second kappa shape index (κ2) is 5.94. The Labute approximate surface area is 121 Å². The average Bonchev–Trinajstić information content (AvgIpc) is 2.63. The van der Waals surface area contributed by atoms with Crippen molar-refractivity contribution in [3.8, 4) is 0 Å². The van der Waals surface area contributed by atoms with Crippen molar-refractivity contribution < 1.29 is 4.79 Å². The maximum Gasteiger partial charge on any atom is 0.248 e. The molecule has 0 saturated heterocycles. The summed E-state index contributed by atoms with van der Waals surface area (Å²) >= 11 is 0. The quantitative estimate of drug-likeness (QED) is 0.896. The standard InChI is InChI=1S/C16H25N3O/c1-11(2)18(12(3)4)9-10-19-14-8-6-5-7-13(14)15(17)16(19)20/h5-8,11-12,15H,9-10,17H2,1-4H3. The Balaban J connectivity index is 2.12. The lowest BCUT2D eigenvalue weighted by Crippen LogP contribution is -2.44. The first-order valence-electron chi connectivity index (χ1n) is 7.35. The molecule has 0 radical (unpaired) electrons. The highest BCUT2D eigenvalue weighted by Gasteiger charge is 2.34. The predicted octanol–water partition coefficient (Wildman–Crippen LogP) is 2.15. The number of fused-ring (bicyclic) bond motifs is 1. The van der Waals surface area contributed by atoms with E-state index < -0.39 is 6.04 Å². The molecule has 1 aromatic rings. The molecule has 1 unspecified atom stereocenters. The van der Waals surface area contributed by atoms with Gasteiger partial charge in [-0.1, -0.05) is 18.2 Å². The third-order valence-electron chi connectivity index (χ3n) is 4.00. The van der Waals surface area contributed by atoms with Crippen molar-refractivity contribution in [3.63, 3.8) is 0 Å². The van der Waals surface area contributed by atoms with Gasteiger partial charge >= 0.3 is 0 Å². The van der Waals surface area contributed by atoms with Crippen LogP contribution in [0.5, 0.6) is 0 Å². The topological polar surface area (TPSA) is 49.6 Å². The average molecular weight is 275 g/mol. The van der Waals surface area contributed by atoms with Crippen LogP contribution >= 0.6 is 0 Å². The van der Waals surface area contributed by atoms with Gasteiger partial charge in [-0.25, -0.2) is 0 Å². The number of amides is 1. The first-order chi connectivity index (χ1) is 9.43. The fraction of sp³-hybridized carbons (Fsp3) is 0.562. The van der Waals surface area contributed by atoms with Gasteiger partial charge in [0.15, 0.2) is 0 Å². The number of carbonyl (C=O) groups is 1. The molecule has 1 aliphatic rings. The van der Waals surface area contributed by atoms with E-state index in [9.17, 15) is 4.79 Å². The minimum absolute atomic E-state index is 0.0127. The molecule has 0 aromatic heterocycles. The van der Waals surface area contributed by atoms with Crippen molar-refractivity contribution in [3.05, 3.63) is 29.8 Å². The number of hydrogen-bond donors (Lipinski definition) is 1. The summed E-state index contributed by atoms with van der Waals surface area (Å²) in [5, 5.41) is 0. The summed E-state index contributed by atoms with van der Waals surface area (Å²) in [6, 6.07) is 8.26. The molecular weight excluding hydrogens is 250 g/mol. The summed E-state index contributed by atoms with van der Waals surface area (Å²) in [4.78, 5) is 16.5. The smallest absolute Gasteiger partial charge is 0.248 e. The Hall–Kier alpha value is -1.39. The maximum atomic E-state index is 12.3. The van der Waals surface area contributed by atoms with Gasteiger partial charge in [0, 0.05) is 36.4 Å². The van der Waals surface area contributed by atoms with E-state index in [2.05, 4.69) is 32.6 Å². The highest BCUT2D eigenvalue weighted by molar-refractivity contribution is 6.04. The van der Waals surface area contributed by atoms with E-state index >= 15 is 0 Å². The lowest BCUT2D eigenvalue weighted by Gasteiger charge is -2.32. The fourth-order valence-electron chi connectivity index (χ4n) is 2.97. The van der Waals surface area contributed by atoms with E-state index in [0.29, 0.717) is 18.6 Å². The van der Waals surface area contributed by atoms with Crippen molar-refractivity contribution in [2.75, 3.05) is 18.0 Å². The minimum Gasteiger partial charge on any atom is -0.316 e. The Kier molecular flexibility index (Phi) is 4.45. The van der Waals surface area contributed by atoms with Gasteiger partial charge in [0.05, 0.1) is 0 Å². The van der Waals surface area contributed by atoms with Gasteiger partial charge in [-0.15, -0.1) is 0 Å². The molecule has 0 aliphatic carbocycles. The van der Waals surface area contributed by atoms with Crippen LogP contribution < -0.4 is 10.6 Å². The van der Waals surface area contributed by atoms with Gasteiger partial charge in [-0.2, -0.15) is 0 Å². The van der Waals surface area contributed by atoms with Crippen molar-refractivity contribution in [2.24, 2.45) is 5.73 Å². The number of rotatable bonds is 5. The van der Waals surface area contributed by atoms with Crippen LogP contribution in [-0.4, -0.2) is 36.0 Å². The van der Waals surface area contributed by atoms with Crippen LogP contribution in [0.25, 0.3) is 0 Å². The van der Waals surface area contributed by atoms with Crippen molar-refractivity contribution in [1.82, 2.24) is 4.90 Å². The number of nitrogens with zero attached hydrogens (tertiary/aromatic N) is 2. The number of hydrogen-bond acceptors (Lipinski definition) is 3. The second-order valence-electron chi connectivity index (χ2n) is 5.95. The predicted molar refractivity (Wildman–Crippen MR) is 82.7 cm³/mol. The SMILES string of the molecule is CC(C)N(CCN1C(=O)C(N)c2ccccc21)C(C)C. The summed E-state index contributed by atoms with van der Waals surface area (Å²) in [6.45, 7) is 10.3. The molecule has 4 nitrogen and oxygen atoms in total. The molecule has 1 atom stereocenters. The third kappa shape index (κ3) is 2.72. The van der Waals surface area contributed by atoms with E-state index in [1.54, 1.807) is 0 Å². The zero-order valence-electron chi connectivity index (χ0n) is 12.8. The number of para-hydroxylation sites is 1. The van der Waals surface area contributed by atoms with Crippen LogP contribution in [0.3, 0.4) is 0 Å². The molecule has 0 bridgehead atoms. The summed E-state index contributed by atoms with van der Waals surface area (Å²) in [6.07, 6.45) is 0. The minimum atomic E-state index is -0.502. The van der Waals surface area contributed by atoms with E-state index in [4.69, 9.17) is 5.73 Å². The highest BCUT2D eigenvalue weighted by Crippen LogP contribution is 2.33. The molecule has 1 aromatic carbocycles. The molecule has 110 valence electrons. The fourth-order valence-corrected chi connectivity index (χ4v) is 2.97. The number of benzene rings is 1. The lowest BCUT2D eigenvalue weighted by molar-refractivity contribution is -0.119. The Morgan fingerprint density at radius 3 is 2.40 bits per heavy atom. The zero-order chi connectivity index (χ0) is 14.9. The Morgan fingerprint density at radius 2 is 1.80 bits per heavy atom. The van der Waals surface area contributed by atoms with Crippen LogP contribution in [0, 0.1) is 0 Å². The van der Waals surface area contributed by atoms with Gasteiger partial charge in [0.25, 0.3) is 0 Å². The molecule has 4 heteroatoms. The molecule has 0 fully saturated rings. The van der Waals surface area contributed by atoms with Gasteiger partial charge in [0.2, 0.25) is 5.91 Å². The van der Waals surface area contributed by atoms with Crippen LogP contribution in [0.4, 0.5) is 5.69 Å². The first-order valence-corrected chi connectivity index (χ1v) is 7.35. The molecule has 1 amide bonds. The molecule has 20 heavy (non-hydrogen) atoms. The summed E-state index contributed by atoms with van der Waals surface area (Å²) in [7, 11) is 0. The first kappa shape index (κ1) is 15.0. The largest absolute Gasteiger partial charge is 0.316 e. The summed E-state index contributed by atoms with van der Waals surface area (Å²) in [5.74, 6) is 0.0127. The van der Waals surface area contributed by atoms with Crippen LogP contribution in [0.1, 0.15) is 39.3 Å².